The summed E-state index contributed by atoms with van der Waals surface area (Å²) in [6.07, 6.45) is 8.06. The van der Waals surface area contributed by atoms with Crippen LogP contribution in [0.25, 0.3) is 6.08 Å². The Morgan fingerprint density at radius 3 is 2.55 bits per heavy atom. The van der Waals surface area contributed by atoms with E-state index in [9.17, 15) is 4.79 Å². The molecule has 1 rings (SSSR count). The number of carboxylic acids is 1. The van der Waals surface area contributed by atoms with Crippen molar-refractivity contribution >= 4 is 12.0 Å². The molecule has 0 saturated carbocycles. The fourth-order valence-electron chi connectivity index (χ4n) is 1.38. The first kappa shape index (κ1) is 15.3. The summed E-state index contributed by atoms with van der Waals surface area (Å²) < 4.78 is 5.33. The van der Waals surface area contributed by atoms with Crippen molar-refractivity contribution in [3.63, 3.8) is 0 Å². The number of ether oxygens (including phenoxy) is 1. The Labute approximate surface area is 117 Å². The van der Waals surface area contributed by atoms with Gasteiger partial charge in [-0.25, -0.2) is 4.79 Å². The first-order chi connectivity index (χ1) is 9.67. The molecule has 0 heterocycles. The van der Waals surface area contributed by atoms with Gasteiger partial charge in [-0.3, -0.25) is 0 Å². The van der Waals surface area contributed by atoms with Gasteiger partial charge in [0.1, 0.15) is 17.4 Å². The van der Waals surface area contributed by atoms with Gasteiger partial charge in [0.15, 0.2) is 0 Å². The van der Waals surface area contributed by atoms with Crippen LogP contribution in [0, 0.1) is 11.3 Å². The number of hydrogen-bond acceptors (Lipinski definition) is 3. The third-order valence-corrected chi connectivity index (χ3v) is 2.32. The van der Waals surface area contributed by atoms with Crippen molar-refractivity contribution in [1.82, 2.24) is 0 Å². The van der Waals surface area contributed by atoms with Crippen molar-refractivity contribution in [3.05, 3.63) is 59.7 Å². The molecule has 0 radical (unpaired) electrons. The van der Waals surface area contributed by atoms with E-state index in [4.69, 9.17) is 15.1 Å². The average molecular weight is 269 g/mol. The van der Waals surface area contributed by atoms with Crippen molar-refractivity contribution in [3.8, 4) is 11.8 Å². The molecular weight excluding hydrogens is 254 g/mol. The summed E-state index contributed by atoms with van der Waals surface area (Å²) in [5.41, 5.74) is 0.705. The molecule has 0 unspecified atom stereocenters. The van der Waals surface area contributed by atoms with Crippen LogP contribution in [0.1, 0.15) is 12.5 Å². The Kier molecular flexibility index (Phi) is 6.35. The van der Waals surface area contributed by atoms with Gasteiger partial charge in [-0.15, -0.1) is 0 Å². The highest BCUT2D eigenvalue weighted by atomic mass is 16.5. The van der Waals surface area contributed by atoms with Gasteiger partial charge in [0.05, 0.1) is 6.61 Å². The summed E-state index contributed by atoms with van der Waals surface area (Å²) in [5, 5.41) is 17.2. The molecule has 0 saturated heterocycles. The molecule has 0 bridgehead atoms. The van der Waals surface area contributed by atoms with E-state index in [1.165, 1.54) is 12.2 Å². The molecule has 20 heavy (non-hydrogen) atoms. The number of aliphatic carboxylic acids is 1. The number of carbonyl (C=O) groups is 1. The van der Waals surface area contributed by atoms with Gasteiger partial charge in [0.2, 0.25) is 0 Å². The van der Waals surface area contributed by atoms with Crippen LogP contribution in [-0.4, -0.2) is 17.7 Å². The minimum Gasteiger partial charge on any atom is -0.494 e. The molecule has 4 heteroatoms. The van der Waals surface area contributed by atoms with Crippen LogP contribution < -0.4 is 4.74 Å². The first-order valence-corrected chi connectivity index (χ1v) is 6.08. The lowest BCUT2D eigenvalue weighted by Crippen LogP contribution is -1.96. The van der Waals surface area contributed by atoms with E-state index >= 15 is 0 Å². The van der Waals surface area contributed by atoms with E-state index in [0.717, 1.165) is 11.3 Å². The van der Waals surface area contributed by atoms with Crippen LogP contribution >= 0.6 is 0 Å². The molecule has 0 amide bonds. The monoisotopic (exact) mass is 269 g/mol. The molecule has 0 aliphatic carbocycles. The van der Waals surface area contributed by atoms with Gasteiger partial charge >= 0.3 is 5.97 Å². The van der Waals surface area contributed by atoms with Crippen LogP contribution in [0.4, 0.5) is 0 Å². The zero-order valence-corrected chi connectivity index (χ0v) is 11.1. The second-order valence-electron chi connectivity index (χ2n) is 3.74. The first-order valence-electron chi connectivity index (χ1n) is 6.08. The molecule has 0 fully saturated rings. The topological polar surface area (TPSA) is 70.3 Å². The summed E-state index contributed by atoms with van der Waals surface area (Å²) in [5.74, 6) is -0.407. The van der Waals surface area contributed by atoms with E-state index in [0.29, 0.717) is 6.61 Å². The molecule has 0 aliphatic heterocycles. The number of nitriles is 1. The maximum Gasteiger partial charge on any atom is 0.346 e. The number of rotatable bonds is 6. The van der Waals surface area contributed by atoms with Crippen molar-refractivity contribution in [2.45, 2.75) is 6.92 Å². The largest absolute Gasteiger partial charge is 0.494 e. The second-order valence-corrected chi connectivity index (χ2v) is 3.74. The van der Waals surface area contributed by atoms with Gasteiger partial charge in [0.25, 0.3) is 0 Å². The number of allylic oxidation sites excluding steroid dienone is 4. The van der Waals surface area contributed by atoms with Crippen LogP contribution in [0.15, 0.2) is 54.1 Å². The van der Waals surface area contributed by atoms with Gasteiger partial charge in [-0.2, -0.15) is 5.26 Å². The zero-order chi connectivity index (χ0) is 14.8. The molecule has 1 aromatic carbocycles. The van der Waals surface area contributed by atoms with Crippen LogP contribution in [-0.2, 0) is 4.79 Å². The molecule has 102 valence electrons. The van der Waals surface area contributed by atoms with E-state index in [1.54, 1.807) is 18.2 Å². The van der Waals surface area contributed by atoms with Crippen LogP contribution in [0.5, 0.6) is 5.75 Å². The summed E-state index contributed by atoms with van der Waals surface area (Å²) in [7, 11) is 0. The maximum atomic E-state index is 10.5. The predicted octanol–water partition coefficient (Wildman–Crippen LogP) is 3.19. The molecule has 1 N–H and O–H groups in total. The Morgan fingerprint density at radius 2 is 2.00 bits per heavy atom. The predicted molar refractivity (Wildman–Crippen MR) is 77.1 cm³/mol. The van der Waals surface area contributed by atoms with E-state index in [2.05, 4.69) is 0 Å². The maximum absolute atomic E-state index is 10.5. The summed E-state index contributed by atoms with van der Waals surface area (Å²) in [6.45, 7) is 2.56. The fourth-order valence-corrected chi connectivity index (χ4v) is 1.38. The highest BCUT2D eigenvalue weighted by molar-refractivity contribution is 5.91. The Hall–Kier alpha value is -2.80. The van der Waals surface area contributed by atoms with Crippen LogP contribution in [0.2, 0.25) is 0 Å². The quantitative estimate of drug-likeness (QED) is 0.489. The molecule has 0 atom stereocenters. The number of nitrogens with zero attached hydrogens (tertiary/aromatic N) is 1. The van der Waals surface area contributed by atoms with E-state index in [-0.39, 0.29) is 5.57 Å². The molecule has 0 aliphatic rings. The summed E-state index contributed by atoms with van der Waals surface area (Å²) in [4.78, 5) is 10.5. The third-order valence-electron chi connectivity index (χ3n) is 2.32. The number of benzene rings is 1. The average Bonchev–Trinajstić information content (AvgIpc) is 2.44. The molecule has 4 nitrogen and oxygen atoms in total. The summed E-state index contributed by atoms with van der Waals surface area (Å²) >= 11 is 0. The standard InChI is InChI=1S/C16H15NO3/c1-2-20-15-10-8-13(9-11-15)6-4-3-5-7-14(12-17)16(18)19/h3-11H,2H2,1H3,(H,18,19)/b5-3+,6-4+,14-7+. The fraction of sp³-hybridized carbons (Fsp3) is 0.125. The highest BCUT2D eigenvalue weighted by Gasteiger charge is 2.01. The minimum absolute atomic E-state index is 0.296. The smallest absolute Gasteiger partial charge is 0.346 e. The van der Waals surface area contributed by atoms with Gasteiger partial charge in [-0.1, -0.05) is 36.4 Å². The van der Waals surface area contributed by atoms with Crippen molar-refractivity contribution in [2.24, 2.45) is 0 Å². The Morgan fingerprint density at radius 1 is 1.30 bits per heavy atom. The van der Waals surface area contributed by atoms with Gasteiger partial charge in [-0.05, 0) is 30.7 Å². The Balaban J connectivity index is 2.61. The zero-order valence-electron chi connectivity index (χ0n) is 11.1. The molecule has 1 aromatic rings. The third kappa shape index (κ3) is 5.23. The molecule has 0 spiro atoms. The summed E-state index contributed by atoms with van der Waals surface area (Å²) in [6, 6.07) is 9.20. The minimum atomic E-state index is -1.23. The second kappa shape index (κ2) is 8.33. The lowest BCUT2D eigenvalue weighted by Gasteiger charge is -2.01. The van der Waals surface area contributed by atoms with E-state index < -0.39 is 5.97 Å². The van der Waals surface area contributed by atoms with Gasteiger partial charge < -0.3 is 9.84 Å². The van der Waals surface area contributed by atoms with Crippen LogP contribution in [0.3, 0.4) is 0 Å². The normalized spacial score (nSPS) is 11.7. The molecular formula is C16H15NO3. The molecule has 0 aromatic heterocycles. The van der Waals surface area contributed by atoms with Gasteiger partial charge in [0, 0.05) is 0 Å². The Bertz CT molecular complexity index is 575. The highest BCUT2D eigenvalue weighted by Crippen LogP contribution is 2.12. The lowest BCUT2D eigenvalue weighted by molar-refractivity contribution is -0.132. The van der Waals surface area contributed by atoms with Crippen molar-refractivity contribution in [1.29, 1.82) is 5.26 Å². The number of carboxylic acid groups (broad SMARTS) is 1. The van der Waals surface area contributed by atoms with Crippen molar-refractivity contribution in [2.75, 3.05) is 6.61 Å². The van der Waals surface area contributed by atoms with E-state index in [1.807, 2.05) is 37.3 Å². The lowest BCUT2D eigenvalue weighted by atomic mass is 10.2. The SMILES string of the molecule is CCOc1ccc(/C=C/C=C/C=C(\C#N)C(=O)O)cc1. The van der Waals surface area contributed by atoms with Crippen molar-refractivity contribution < 1.29 is 14.6 Å². The number of hydrogen-bond donors (Lipinski definition) is 1.